The van der Waals surface area contributed by atoms with Crippen molar-refractivity contribution in [1.29, 1.82) is 0 Å². The minimum absolute atomic E-state index is 0.0703. The third-order valence-electron chi connectivity index (χ3n) is 4.93. The summed E-state index contributed by atoms with van der Waals surface area (Å²) < 4.78 is 10.5. The monoisotopic (exact) mass is 346 g/mol. The summed E-state index contributed by atoms with van der Waals surface area (Å²) in [6.45, 7) is 7.73. The van der Waals surface area contributed by atoms with E-state index >= 15 is 0 Å². The van der Waals surface area contributed by atoms with Crippen molar-refractivity contribution >= 4 is 11.4 Å². The number of hydrogen-bond acceptors (Lipinski definition) is 6. The number of nitrogen functional groups attached to an aromatic ring is 2. The lowest BCUT2D eigenvalue weighted by atomic mass is 9.73. The molecule has 2 aromatic carbocycles. The third-order valence-corrected chi connectivity index (χ3v) is 4.93. The molecular weight excluding hydrogens is 320 g/mol. The van der Waals surface area contributed by atoms with Gasteiger partial charge >= 0.3 is 0 Å². The Hall–Kier alpha value is -2.76. The standard InChI is InChI=1S/C19H26N2O4/c1-9-11(7-13(24-5)17(22)15(9)20)19(3,4)12-8-14(25-6)18(23)16(21)10(12)2/h7-8,22-23H,20-21H2,1-6H3. The highest BCUT2D eigenvalue weighted by molar-refractivity contribution is 5.71. The molecule has 0 spiro atoms. The first-order valence-electron chi connectivity index (χ1n) is 7.90. The molecule has 0 aromatic heterocycles. The number of rotatable bonds is 4. The second-order valence-corrected chi connectivity index (χ2v) is 6.65. The largest absolute Gasteiger partial charge is 0.503 e. The molecule has 6 nitrogen and oxygen atoms in total. The molecule has 0 unspecified atom stereocenters. The van der Waals surface area contributed by atoms with Crippen LogP contribution < -0.4 is 20.9 Å². The maximum absolute atomic E-state index is 10.1. The molecular formula is C19H26N2O4. The average Bonchev–Trinajstić information content (AvgIpc) is 2.57. The molecule has 0 radical (unpaired) electrons. The quantitative estimate of drug-likeness (QED) is 0.500. The summed E-state index contributed by atoms with van der Waals surface area (Å²) in [5.74, 6) is 0.475. The van der Waals surface area contributed by atoms with Gasteiger partial charge in [-0.05, 0) is 48.2 Å². The Bertz CT molecular complexity index is 762. The average molecular weight is 346 g/mol. The van der Waals surface area contributed by atoms with E-state index in [1.54, 1.807) is 12.1 Å². The molecule has 2 aromatic rings. The van der Waals surface area contributed by atoms with Gasteiger partial charge < -0.3 is 31.2 Å². The SMILES string of the molecule is COc1cc(C(C)(C)c2cc(OC)c(O)c(N)c2C)c(C)c(N)c1O. The molecule has 0 atom stereocenters. The van der Waals surface area contributed by atoms with Crippen molar-refractivity contribution in [3.05, 3.63) is 34.4 Å². The maximum Gasteiger partial charge on any atom is 0.181 e. The first-order valence-corrected chi connectivity index (χ1v) is 7.90. The van der Waals surface area contributed by atoms with Crippen molar-refractivity contribution in [3.63, 3.8) is 0 Å². The zero-order chi connectivity index (χ0) is 19.1. The van der Waals surface area contributed by atoms with Gasteiger partial charge in [0.15, 0.2) is 23.0 Å². The van der Waals surface area contributed by atoms with Crippen LogP contribution in [0.3, 0.4) is 0 Å². The van der Waals surface area contributed by atoms with Gasteiger partial charge in [-0.15, -0.1) is 0 Å². The van der Waals surface area contributed by atoms with E-state index in [4.69, 9.17) is 20.9 Å². The van der Waals surface area contributed by atoms with Crippen molar-refractivity contribution in [3.8, 4) is 23.0 Å². The van der Waals surface area contributed by atoms with E-state index in [2.05, 4.69) is 0 Å². The van der Waals surface area contributed by atoms with Gasteiger partial charge in [-0.1, -0.05) is 13.8 Å². The first kappa shape index (κ1) is 18.6. The fourth-order valence-corrected chi connectivity index (χ4v) is 3.28. The topological polar surface area (TPSA) is 111 Å². The van der Waals surface area contributed by atoms with Gasteiger partial charge in [0.2, 0.25) is 0 Å². The number of aromatic hydroxyl groups is 2. The Morgan fingerprint density at radius 3 is 1.40 bits per heavy atom. The van der Waals surface area contributed by atoms with E-state index in [0.29, 0.717) is 11.5 Å². The molecule has 136 valence electrons. The number of hydrogen-bond donors (Lipinski definition) is 4. The summed E-state index contributed by atoms with van der Waals surface area (Å²) in [7, 11) is 2.96. The second kappa shape index (κ2) is 6.27. The number of benzene rings is 2. The van der Waals surface area contributed by atoms with Crippen LogP contribution in [0.5, 0.6) is 23.0 Å². The summed E-state index contributed by atoms with van der Waals surface area (Å²) in [5.41, 5.74) is 15.4. The van der Waals surface area contributed by atoms with Crippen molar-refractivity contribution in [2.75, 3.05) is 25.7 Å². The number of phenols is 2. The maximum atomic E-state index is 10.1. The molecule has 0 saturated carbocycles. The third kappa shape index (κ3) is 2.77. The minimum atomic E-state index is -0.529. The molecule has 6 N–H and O–H groups in total. The van der Waals surface area contributed by atoms with Crippen LogP contribution in [-0.4, -0.2) is 24.4 Å². The molecule has 0 bridgehead atoms. The highest BCUT2D eigenvalue weighted by Gasteiger charge is 2.31. The fraction of sp³-hybridized carbons (Fsp3) is 0.368. The number of nitrogens with two attached hydrogens (primary N) is 2. The Kier molecular flexibility index (Phi) is 4.66. The molecule has 0 fully saturated rings. The number of anilines is 2. The number of phenolic OH excluding ortho intramolecular Hbond substituents is 2. The van der Waals surface area contributed by atoms with Crippen LogP contribution in [0.4, 0.5) is 11.4 Å². The highest BCUT2D eigenvalue weighted by atomic mass is 16.5. The van der Waals surface area contributed by atoms with E-state index in [9.17, 15) is 10.2 Å². The fourth-order valence-electron chi connectivity index (χ4n) is 3.28. The Morgan fingerprint density at radius 2 is 1.12 bits per heavy atom. The normalized spacial score (nSPS) is 11.4. The van der Waals surface area contributed by atoms with Gasteiger partial charge in [-0.25, -0.2) is 0 Å². The van der Waals surface area contributed by atoms with E-state index in [0.717, 1.165) is 22.3 Å². The van der Waals surface area contributed by atoms with Gasteiger partial charge in [0.05, 0.1) is 25.6 Å². The molecule has 0 amide bonds. The lowest BCUT2D eigenvalue weighted by Crippen LogP contribution is -2.23. The van der Waals surface area contributed by atoms with Crippen LogP contribution in [0.15, 0.2) is 12.1 Å². The van der Waals surface area contributed by atoms with Crippen LogP contribution in [0, 0.1) is 13.8 Å². The first-order chi connectivity index (χ1) is 11.6. The highest BCUT2D eigenvalue weighted by Crippen LogP contribution is 2.47. The van der Waals surface area contributed by atoms with E-state index in [1.165, 1.54) is 14.2 Å². The van der Waals surface area contributed by atoms with Gasteiger partial charge in [0.25, 0.3) is 0 Å². The van der Waals surface area contributed by atoms with Crippen LogP contribution in [-0.2, 0) is 5.41 Å². The number of ether oxygens (including phenoxy) is 2. The van der Waals surface area contributed by atoms with Gasteiger partial charge in [0.1, 0.15) is 0 Å². The molecule has 0 heterocycles. The number of methoxy groups -OCH3 is 2. The predicted octanol–water partition coefficient (Wildman–Crippen LogP) is 3.22. The van der Waals surface area contributed by atoms with E-state index < -0.39 is 5.41 Å². The Labute approximate surface area is 148 Å². The van der Waals surface area contributed by atoms with Crippen LogP contribution in [0.25, 0.3) is 0 Å². The second-order valence-electron chi connectivity index (χ2n) is 6.65. The van der Waals surface area contributed by atoms with E-state index in [1.807, 2.05) is 27.7 Å². The summed E-state index contributed by atoms with van der Waals surface area (Å²) in [5, 5.41) is 20.3. The summed E-state index contributed by atoms with van der Waals surface area (Å²) in [6.07, 6.45) is 0. The molecule has 6 heteroatoms. The molecule has 25 heavy (non-hydrogen) atoms. The zero-order valence-electron chi connectivity index (χ0n) is 15.5. The zero-order valence-corrected chi connectivity index (χ0v) is 15.5. The molecule has 0 saturated heterocycles. The summed E-state index contributed by atoms with van der Waals surface area (Å²) in [4.78, 5) is 0. The summed E-state index contributed by atoms with van der Waals surface area (Å²) >= 11 is 0. The smallest absolute Gasteiger partial charge is 0.181 e. The van der Waals surface area contributed by atoms with Crippen LogP contribution in [0.1, 0.15) is 36.1 Å². The molecule has 2 rings (SSSR count). The Morgan fingerprint density at radius 1 is 0.800 bits per heavy atom. The lowest BCUT2D eigenvalue weighted by Gasteiger charge is -2.31. The molecule has 0 aliphatic heterocycles. The van der Waals surface area contributed by atoms with Gasteiger partial charge in [-0.3, -0.25) is 0 Å². The predicted molar refractivity (Wildman–Crippen MR) is 99.7 cm³/mol. The lowest BCUT2D eigenvalue weighted by molar-refractivity contribution is 0.371. The Balaban J connectivity index is 2.80. The molecule has 0 aliphatic rings. The van der Waals surface area contributed by atoms with Crippen molar-refractivity contribution in [2.45, 2.75) is 33.1 Å². The molecule has 0 aliphatic carbocycles. The summed E-state index contributed by atoms with van der Waals surface area (Å²) in [6, 6.07) is 3.55. The van der Waals surface area contributed by atoms with Crippen molar-refractivity contribution < 1.29 is 19.7 Å². The minimum Gasteiger partial charge on any atom is -0.503 e. The van der Waals surface area contributed by atoms with Crippen molar-refractivity contribution in [2.24, 2.45) is 0 Å². The van der Waals surface area contributed by atoms with Crippen LogP contribution >= 0.6 is 0 Å². The van der Waals surface area contributed by atoms with E-state index in [-0.39, 0.29) is 22.9 Å². The van der Waals surface area contributed by atoms with Gasteiger partial charge in [-0.2, -0.15) is 0 Å². The van der Waals surface area contributed by atoms with Gasteiger partial charge in [0, 0.05) is 5.41 Å². The van der Waals surface area contributed by atoms with Crippen molar-refractivity contribution in [1.82, 2.24) is 0 Å². The van der Waals surface area contributed by atoms with Crippen LogP contribution in [0.2, 0.25) is 0 Å².